The van der Waals surface area contributed by atoms with Gasteiger partial charge in [-0.25, -0.2) is 0 Å². The largest absolute Gasteiger partial charge is 0.454 e. The van der Waals surface area contributed by atoms with E-state index in [0.29, 0.717) is 42.1 Å². The summed E-state index contributed by atoms with van der Waals surface area (Å²) in [5.41, 5.74) is 1.52. The van der Waals surface area contributed by atoms with E-state index in [9.17, 15) is 9.59 Å². The normalized spacial score (nSPS) is 27.8. The zero-order valence-electron chi connectivity index (χ0n) is 20.4. The number of nitrogens with one attached hydrogen (secondary N) is 1. The molecule has 1 aliphatic carbocycles. The molecular weight excluding hydrogens is 462 g/mol. The number of nitrogens with zero attached hydrogens (tertiary/aromatic N) is 2. The van der Waals surface area contributed by atoms with Crippen molar-refractivity contribution in [2.24, 2.45) is 11.8 Å². The molecule has 1 fully saturated rings. The van der Waals surface area contributed by atoms with Crippen LogP contribution in [0, 0.1) is 11.8 Å². The summed E-state index contributed by atoms with van der Waals surface area (Å²) < 4.78 is 14.1. The lowest BCUT2D eigenvalue weighted by Gasteiger charge is -2.45. The van der Waals surface area contributed by atoms with Crippen LogP contribution in [0.4, 0.5) is 0 Å². The highest BCUT2D eigenvalue weighted by atomic mass is 32.1. The van der Waals surface area contributed by atoms with Crippen LogP contribution in [0.15, 0.2) is 35.7 Å². The van der Waals surface area contributed by atoms with E-state index in [1.54, 1.807) is 16.2 Å². The van der Waals surface area contributed by atoms with Crippen molar-refractivity contribution in [2.45, 2.75) is 64.7 Å². The molecule has 6 rings (SSSR count). The molecule has 184 valence electrons. The van der Waals surface area contributed by atoms with Crippen molar-refractivity contribution in [2.75, 3.05) is 6.79 Å². The van der Waals surface area contributed by atoms with E-state index in [4.69, 9.17) is 9.47 Å². The van der Waals surface area contributed by atoms with Crippen LogP contribution >= 0.6 is 11.3 Å². The van der Waals surface area contributed by atoms with Gasteiger partial charge in [0.1, 0.15) is 11.2 Å². The molecule has 4 heterocycles. The number of carbonyl (C=O) groups is 2. The molecule has 4 atom stereocenters. The van der Waals surface area contributed by atoms with Crippen molar-refractivity contribution in [3.8, 4) is 11.5 Å². The van der Waals surface area contributed by atoms with Crippen LogP contribution in [0.3, 0.4) is 0 Å². The van der Waals surface area contributed by atoms with Gasteiger partial charge in [0.25, 0.3) is 5.91 Å². The van der Waals surface area contributed by atoms with Gasteiger partial charge in [0, 0.05) is 12.6 Å². The molecule has 1 aromatic carbocycles. The number of hydrogen-bond donors (Lipinski definition) is 1. The summed E-state index contributed by atoms with van der Waals surface area (Å²) >= 11 is 1.62. The quantitative estimate of drug-likeness (QED) is 0.567. The lowest BCUT2D eigenvalue weighted by Crippen LogP contribution is -2.65. The SMILES string of the molecule is C[C@H]1[C@H](C)CCC[C@@H]1NC(=O)[C@@]1(C)Cn2c(cc3sccc32)C(=O)N1Cc1ccc2c(c1)OCO2. The zero-order chi connectivity index (χ0) is 24.3. The molecule has 2 amide bonds. The van der Waals surface area contributed by atoms with E-state index in [1.807, 2.05) is 47.2 Å². The van der Waals surface area contributed by atoms with E-state index in [-0.39, 0.29) is 24.6 Å². The van der Waals surface area contributed by atoms with E-state index >= 15 is 0 Å². The number of hydrogen-bond acceptors (Lipinski definition) is 5. The summed E-state index contributed by atoms with van der Waals surface area (Å²) in [5.74, 6) is 2.14. The van der Waals surface area contributed by atoms with Crippen LogP contribution in [-0.4, -0.2) is 39.7 Å². The zero-order valence-corrected chi connectivity index (χ0v) is 21.2. The molecule has 0 saturated heterocycles. The lowest BCUT2D eigenvalue weighted by molar-refractivity contribution is -0.134. The smallest absolute Gasteiger partial charge is 0.271 e. The van der Waals surface area contributed by atoms with Crippen LogP contribution in [0.5, 0.6) is 11.5 Å². The molecule has 8 heteroatoms. The Morgan fingerprint density at radius 1 is 1.17 bits per heavy atom. The standard InChI is InChI=1S/C27H31N3O4S/c1-16-5-4-6-19(17(16)2)28-26(32)27(3)14-29-20-9-10-35-24(20)12-21(29)25(31)30(27)13-18-7-8-22-23(11-18)34-15-33-22/h7-12,16-17,19H,4-6,13-15H2,1-3H3,(H,28,32)/t16-,17+,19+,27-/m1/s1. The highest BCUT2D eigenvalue weighted by Gasteiger charge is 2.48. The summed E-state index contributed by atoms with van der Waals surface area (Å²) in [6.45, 7) is 7.33. The van der Waals surface area contributed by atoms with Crippen LogP contribution in [0.25, 0.3) is 10.2 Å². The van der Waals surface area contributed by atoms with Crippen molar-refractivity contribution in [1.29, 1.82) is 0 Å². The van der Waals surface area contributed by atoms with Gasteiger partial charge in [-0.1, -0.05) is 32.8 Å². The molecule has 3 aromatic rings. The second kappa shape index (κ2) is 8.29. The van der Waals surface area contributed by atoms with Gasteiger partial charge in [0.05, 0.1) is 16.8 Å². The minimum atomic E-state index is -1.03. The Balaban J connectivity index is 1.37. The fraction of sp³-hybridized carbons (Fsp3) is 0.481. The first-order chi connectivity index (χ1) is 16.8. The average molecular weight is 494 g/mol. The van der Waals surface area contributed by atoms with Gasteiger partial charge in [0.2, 0.25) is 12.7 Å². The maximum Gasteiger partial charge on any atom is 0.271 e. The summed E-state index contributed by atoms with van der Waals surface area (Å²) in [7, 11) is 0. The summed E-state index contributed by atoms with van der Waals surface area (Å²) in [5, 5.41) is 5.40. The third-order valence-corrected chi connectivity index (χ3v) is 9.19. The first-order valence-corrected chi connectivity index (χ1v) is 13.3. The number of rotatable bonds is 4. The molecule has 2 aliphatic heterocycles. The molecule has 2 aromatic heterocycles. The Morgan fingerprint density at radius 3 is 2.86 bits per heavy atom. The molecule has 0 radical (unpaired) electrons. The highest BCUT2D eigenvalue weighted by Crippen LogP contribution is 2.38. The van der Waals surface area contributed by atoms with Crippen molar-refractivity contribution >= 4 is 33.4 Å². The maximum absolute atomic E-state index is 14.0. The van der Waals surface area contributed by atoms with E-state index in [1.165, 1.54) is 6.42 Å². The number of ether oxygens (including phenoxy) is 2. The van der Waals surface area contributed by atoms with Crippen LogP contribution < -0.4 is 14.8 Å². The van der Waals surface area contributed by atoms with Gasteiger partial charge in [-0.15, -0.1) is 11.3 Å². The van der Waals surface area contributed by atoms with Gasteiger partial charge in [-0.3, -0.25) is 9.59 Å². The Morgan fingerprint density at radius 2 is 2.00 bits per heavy atom. The summed E-state index contributed by atoms with van der Waals surface area (Å²) in [6, 6.07) is 9.83. The van der Waals surface area contributed by atoms with Crippen molar-refractivity contribution in [3.63, 3.8) is 0 Å². The molecule has 0 bridgehead atoms. The molecule has 0 unspecified atom stereocenters. The molecular formula is C27H31N3O4S. The third kappa shape index (κ3) is 3.61. The molecule has 1 saturated carbocycles. The van der Waals surface area contributed by atoms with Crippen molar-refractivity contribution in [3.05, 3.63) is 47.0 Å². The number of amides is 2. The van der Waals surface area contributed by atoms with E-state index < -0.39 is 5.54 Å². The van der Waals surface area contributed by atoms with Crippen LogP contribution in [0.1, 0.15) is 56.1 Å². The predicted molar refractivity (Wildman–Crippen MR) is 135 cm³/mol. The summed E-state index contributed by atoms with van der Waals surface area (Å²) in [4.78, 5) is 29.7. The average Bonchev–Trinajstić information content (AvgIpc) is 3.56. The Hall–Kier alpha value is -3.00. The van der Waals surface area contributed by atoms with Gasteiger partial charge < -0.3 is 24.3 Å². The number of benzene rings is 1. The predicted octanol–water partition coefficient (Wildman–Crippen LogP) is 4.79. The topological polar surface area (TPSA) is 72.8 Å². The number of thiophene rings is 1. The molecule has 7 nitrogen and oxygen atoms in total. The Kier molecular flexibility index (Phi) is 5.32. The number of fused-ring (bicyclic) bond motifs is 4. The minimum absolute atomic E-state index is 0.0831. The third-order valence-electron chi connectivity index (χ3n) is 8.34. The fourth-order valence-electron chi connectivity index (χ4n) is 5.85. The van der Waals surface area contributed by atoms with Crippen molar-refractivity contribution < 1.29 is 19.1 Å². The van der Waals surface area contributed by atoms with Gasteiger partial charge in [-0.2, -0.15) is 0 Å². The molecule has 1 N–H and O–H groups in total. The molecule has 3 aliphatic rings. The molecule has 0 spiro atoms. The fourth-order valence-corrected chi connectivity index (χ4v) is 6.67. The number of carbonyl (C=O) groups excluding carboxylic acids is 2. The molecule has 35 heavy (non-hydrogen) atoms. The Bertz CT molecular complexity index is 1310. The highest BCUT2D eigenvalue weighted by molar-refractivity contribution is 7.17. The van der Waals surface area contributed by atoms with E-state index in [0.717, 1.165) is 28.6 Å². The van der Waals surface area contributed by atoms with Gasteiger partial charge in [0.15, 0.2) is 11.5 Å². The summed E-state index contributed by atoms with van der Waals surface area (Å²) in [6.07, 6.45) is 3.29. The lowest BCUT2D eigenvalue weighted by atomic mass is 9.77. The van der Waals surface area contributed by atoms with Crippen molar-refractivity contribution in [1.82, 2.24) is 14.8 Å². The van der Waals surface area contributed by atoms with Gasteiger partial charge >= 0.3 is 0 Å². The number of aromatic nitrogens is 1. The van der Waals surface area contributed by atoms with Gasteiger partial charge in [-0.05, 0) is 60.4 Å². The van der Waals surface area contributed by atoms with Crippen LogP contribution in [-0.2, 0) is 17.9 Å². The van der Waals surface area contributed by atoms with Crippen LogP contribution in [0.2, 0.25) is 0 Å². The first kappa shape index (κ1) is 22.5. The minimum Gasteiger partial charge on any atom is -0.454 e. The Labute approximate surface area is 209 Å². The second-order valence-electron chi connectivity index (χ2n) is 10.5. The second-order valence-corrected chi connectivity index (χ2v) is 11.4. The first-order valence-electron chi connectivity index (χ1n) is 12.4. The maximum atomic E-state index is 14.0. The van der Waals surface area contributed by atoms with E-state index in [2.05, 4.69) is 19.2 Å². The monoisotopic (exact) mass is 493 g/mol.